The van der Waals surface area contributed by atoms with Gasteiger partial charge in [0.05, 0.1) is 0 Å². The summed E-state index contributed by atoms with van der Waals surface area (Å²) < 4.78 is 0. The number of rotatable bonds is 3. The summed E-state index contributed by atoms with van der Waals surface area (Å²) >= 11 is 0. The molecule has 0 radical (unpaired) electrons. The van der Waals surface area contributed by atoms with Crippen molar-refractivity contribution >= 4 is 6.08 Å². The second-order valence-electron chi connectivity index (χ2n) is 8.88. The fraction of sp³-hybridized carbons (Fsp3) is 0.500. The van der Waals surface area contributed by atoms with E-state index in [1.165, 1.54) is 30.4 Å². The van der Waals surface area contributed by atoms with Crippen LogP contribution in [0.3, 0.4) is 0 Å². The lowest BCUT2D eigenvalue weighted by Gasteiger charge is -2.50. The zero-order valence-corrected chi connectivity index (χ0v) is 16.0. The van der Waals surface area contributed by atoms with E-state index in [1.807, 2.05) is 0 Å². The van der Waals surface area contributed by atoms with Crippen LogP contribution in [0.5, 0.6) is 0 Å². The monoisotopic (exact) mass is 320 g/mol. The third-order valence-corrected chi connectivity index (χ3v) is 6.32. The first-order valence-corrected chi connectivity index (χ1v) is 9.51. The Morgan fingerprint density at radius 3 is 2.42 bits per heavy atom. The smallest absolute Gasteiger partial charge is 0.0103 e. The van der Waals surface area contributed by atoms with Crippen LogP contribution < -0.4 is 0 Å². The number of fused-ring (bicyclic) bond motifs is 1. The van der Waals surface area contributed by atoms with Gasteiger partial charge in [-0.05, 0) is 59.1 Å². The van der Waals surface area contributed by atoms with Crippen LogP contribution in [0.25, 0.3) is 6.08 Å². The maximum absolute atomic E-state index is 2.47. The largest absolute Gasteiger partial charge is 0.0622 e. The Hall–Kier alpha value is -1.56. The second-order valence-corrected chi connectivity index (χ2v) is 8.88. The molecule has 1 atom stereocenters. The van der Waals surface area contributed by atoms with Crippen LogP contribution >= 0.6 is 0 Å². The molecule has 1 aromatic carbocycles. The molecule has 1 aromatic rings. The van der Waals surface area contributed by atoms with E-state index in [0.717, 1.165) is 6.42 Å². The molecule has 1 unspecified atom stereocenters. The SMILES string of the molecule is CC/C(=C\c1ccccc1)C1=CC=C2C(C1)C(C)(C)CCC2(C)C. The van der Waals surface area contributed by atoms with E-state index in [9.17, 15) is 0 Å². The zero-order chi connectivity index (χ0) is 17.4. The van der Waals surface area contributed by atoms with Crippen LogP contribution in [0.2, 0.25) is 0 Å². The minimum atomic E-state index is 0.359. The predicted octanol–water partition coefficient (Wildman–Crippen LogP) is 7.20. The molecule has 1 fully saturated rings. The molecule has 24 heavy (non-hydrogen) atoms. The first-order valence-electron chi connectivity index (χ1n) is 9.51. The minimum absolute atomic E-state index is 0.359. The van der Waals surface area contributed by atoms with E-state index in [4.69, 9.17) is 0 Å². The molecule has 0 spiro atoms. The second kappa shape index (κ2) is 6.39. The summed E-state index contributed by atoms with van der Waals surface area (Å²) in [5, 5.41) is 0. The van der Waals surface area contributed by atoms with Gasteiger partial charge in [-0.1, -0.05) is 88.8 Å². The molecule has 128 valence electrons. The highest BCUT2D eigenvalue weighted by Crippen LogP contribution is 2.55. The Bertz CT molecular complexity index is 680. The molecule has 0 heterocycles. The molecule has 0 bridgehead atoms. The fourth-order valence-corrected chi connectivity index (χ4v) is 4.46. The molecular formula is C24H32. The zero-order valence-electron chi connectivity index (χ0n) is 16.0. The van der Waals surface area contributed by atoms with Crippen molar-refractivity contribution < 1.29 is 0 Å². The maximum atomic E-state index is 2.47. The molecule has 0 heteroatoms. The van der Waals surface area contributed by atoms with Crippen LogP contribution in [0, 0.1) is 16.7 Å². The lowest BCUT2D eigenvalue weighted by Crippen LogP contribution is -2.39. The van der Waals surface area contributed by atoms with E-state index in [2.05, 4.69) is 83.2 Å². The average Bonchev–Trinajstić information content (AvgIpc) is 2.57. The average molecular weight is 321 g/mol. The molecule has 2 aliphatic rings. The van der Waals surface area contributed by atoms with Gasteiger partial charge in [0.1, 0.15) is 0 Å². The summed E-state index contributed by atoms with van der Waals surface area (Å²) in [5.41, 5.74) is 6.80. The highest BCUT2D eigenvalue weighted by molar-refractivity contribution is 5.59. The van der Waals surface area contributed by atoms with E-state index < -0.39 is 0 Å². The molecule has 0 nitrogen and oxygen atoms in total. The Balaban J connectivity index is 1.96. The lowest BCUT2D eigenvalue weighted by atomic mass is 9.55. The van der Waals surface area contributed by atoms with Crippen molar-refractivity contribution in [3.8, 4) is 0 Å². The van der Waals surface area contributed by atoms with Gasteiger partial charge in [0.15, 0.2) is 0 Å². The molecule has 0 amide bonds. The summed E-state index contributed by atoms with van der Waals surface area (Å²) in [4.78, 5) is 0. The Kier molecular flexibility index (Phi) is 4.60. The van der Waals surface area contributed by atoms with Crippen molar-refractivity contribution in [2.24, 2.45) is 16.7 Å². The molecule has 0 aliphatic heterocycles. The Labute approximate surface area is 148 Å². The van der Waals surface area contributed by atoms with Crippen molar-refractivity contribution in [2.75, 3.05) is 0 Å². The van der Waals surface area contributed by atoms with Crippen LogP contribution in [0.15, 0.2) is 59.2 Å². The molecular weight excluding hydrogens is 288 g/mol. The van der Waals surface area contributed by atoms with Crippen molar-refractivity contribution in [3.63, 3.8) is 0 Å². The molecule has 0 aromatic heterocycles. The normalized spacial score (nSPS) is 25.5. The van der Waals surface area contributed by atoms with E-state index in [0.29, 0.717) is 16.7 Å². The predicted molar refractivity (Wildman–Crippen MR) is 106 cm³/mol. The lowest BCUT2D eigenvalue weighted by molar-refractivity contribution is 0.122. The summed E-state index contributed by atoms with van der Waals surface area (Å²) in [5.74, 6) is 0.687. The minimum Gasteiger partial charge on any atom is -0.0622 e. The molecule has 1 saturated carbocycles. The van der Waals surface area contributed by atoms with E-state index in [-0.39, 0.29) is 0 Å². The highest BCUT2D eigenvalue weighted by atomic mass is 14.5. The van der Waals surface area contributed by atoms with Crippen LogP contribution in [0.1, 0.15) is 65.9 Å². The summed E-state index contributed by atoms with van der Waals surface area (Å²) in [6.07, 6.45) is 12.2. The van der Waals surface area contributed by atoms with Crippen LogP contribution in [-0.2, 0) is 0 Å². The molecule has 3 rings (SSSR count). The Morgan fingerprint density at radius 1 is 1.04 bits per heavy atom. The Morgan fingerprint density at radius 2 is 1.75 bits per heavy atom. The van der Waals surface area contributed by atoms with Gasteiger partial charge < -0.3 is 0 Å². The van der Waals surface area contributed by atoms with Gasteiger partial charge in [0.2, 0.25) is 0 Å². The number of hydrogen-bond acceptors (Lipinski definition) is 0. The quantitative estimate of drug-likeness (QED) is 0.552. The molecule has 0 N–H and O–H groups in total. The van der Waals surface area contributed by atoms with E-state index in [1.54, 1.807) is 11.1 Å². The summed E-state index contributed by atoms with van der Waals surface area (Å²) in [6.45, 7) is 12.1. The van der Waals surface area contributed by atoms with Crippen molar-refractivity contribution in [1.29, 1.82) is 0 Å². The molecule has 2 aliphatic carbocycles. The van der Waals surface area contributed by atoms with Crippen molar-refractivity contribution in [2.45, 2.75) is 60.3 Å². The van der Waals surface area contributed by atoms with Crippen molar-refractivity contribution in [1.82, 2.24) is 0 Å². The summed E-state index contributed by atoms with van der Waals surface area (Å²) in [6, 6.07) is 10.7. The third-order valence-electron chi connectivity index (χ3n) is 6.32. The first-order chi connectivity index (χ1) is 11.3. The van der Waals surface area contributed by atoms with Gasteiger partial charge in [-0.15, -0.1) is 0 Å². The van der Waals surface area contributed by atoms with Gasteiger partial charge in [0, 0.05) is 0 Å². The third kappa shape index (κ3) is 3.29. The fourth-order valence-electron chi connectivity index (χ4n) is 4.46. The van der Waals surface area contributed by atoms with Crippen LogP contribution in [-0.4, -0.2) is 0 Å². The first kappa shape index (κ1) is 17.3. The topological polar surface area (TPSA) is 0 Å². The number of hydrogen-bond donors (Lipinski definition) is 0. The van der Waals surface area contributed by atoms with Gasteiger partial charge in [0.25, 0.3) is 0 Å². The highest BCUT2D eigenvalue weighted by Gasteiger charge is 2.44. The standard InChI is InChI=1S/C24H32/c1-6-19(16-18-10-8-7-9-11-18)20-12-13-21-22(17-20)24(4,5)15-14-23(21,2)3/h7-13,16,22H,6,14-15,17H2,1-5H3/b19-16+. The molecule has 0 saturated heterocycles. The van der Waals surface area contributed by atoms with Gasteiger partial charge in [-0.3, -0.25) is 0 Å². The van der Waals surface area contributed by atoms with Gasteiger partial charge in [-0.2, -0.15) is 0 Å². The van der Waals surface area contributed by atoms with E-state index >= 15 is 0 Å². The van der Waals surface area contributed by atoms with Crippen molar-refractivity contribution in [3.05, 3.63) is 64.8 Å². The van der Waals surface area contributed by atoms with Gasteiger partial charge >= 0.3 is 0 Å². The summed E-state index contributed by atoms with van der Waals surface area (Å²) in [7, 11) is 0. The number of allylic oxidation sites excluding steroid dienone is 5. The maximum Gasteiger partial charge on any atom is -0.0103 e. The van der Waals surface area contributed by atoms with Gasteiger partial charge in [-0.25, -0.2) is 0 Å². The number of benzene rings is 1. The van der Waals surface area contributed by atoms with Crippen LogP contribution in [0.4, 0.5) is 0 Å².